The van der Waals surface area contributed by atoms with Crippen molar-refractivity contribution in [2.45, 2.75) is 51.0 Å². The second-order valence-electron chi connectivity index (χ2n) is 13.1. The zero-order valence-electron chi connectivity index (χ0n) is 29.3. The second-order valence-corrected chi connectivity index (χ2v) is 14.8. The lowest BCUT2D eigenvalue weighted by Gasteiger charge is -2.10. The lowest BCUT2D eigenvalue weighted by atomic mass is 10.1. The van der Waals surface area contributed by atoms with Gasteiger partial charge in [0.2, 0.25) is 0 Å². The van der Waals surface area contributed by atoms with Gasteiger partial charge in [-0.15, -0.1) is 22.7 Å². The largest absolute Gasteiger partial charge is 0.374 e. The topological polar surface area (TPSA) is 138 Å². The van der Waals surface area contributed by atoms with Gasteiger partial charge in [-0.1, -0.05) is 12.2 Å². The fourth-order valence-corrected chi connectivity index (χ4v) is 7.77. The quantitative estimate of drug-likeness (QED) is 0.123. The van der Waals surface area contributed by atoms with Gasteiger partial charge in [0.1, 0.15) is 11.4 Å². The Morgan fingerprint density at radius 3 is 2.06 bits per heavy atom. The molecule has 2 saturated heterocycles. The molecule has 12 nitrogen and oxygen atoms in total. The minimum atomic E-state index is -0.273. The number of carbonyl (C=O) groups excluding carboxylic acids is 2. The van der Waals surface area contributed by atoms with Gasteiger partial charge in [-0.25, -0.2) is 9.97 Å². The Morgan fingerprint density at radius 2 is 1.41 bits per heavy atom. The number of nitrogens with zero attached hydrogens (tertiary/aromatic N) is 6. The van der Waals surface area contributed by atoms with Gasteiger partial charge in [-0.2, -0.15) is 0 Å². The van der Waals surface area contributed by atoms with Crippen molar-refractivity contribution >= 4 is 56.9 Å². The van der Waals surface area contributed by atoms with Crippen LogP contribution in [0.1, 0.15) is 69.2 Å². The zero-order valence-corrected chi connectivity index (χ0v) is 31.0. The van der Waals surface area contributed by atoms with Crippen molar-refractivity contribution in [3.63, 3.8) is 0 Å². The average molecular weight is 759 g/mol. The molecule has 54 heavy (non-hydrogen) atoms. The van der Waals surface area contributed by atoms with E-state index in [-0.39, 0.29) is 24.0 Å². The number of ether oxygens (including phenoxy) is 2. The summed E-state index contributed by atoms with van der Waals surface area (Å²) >= 11 is 2.76. The smallest absolute Gasteiger partial charge is 0.274 e. The van der Waals surface area contributed by atoms with Crippen LogP contribution < -0.4 is 10.6 Å². The third kappa shape index (κ3) is 8.80. The van der Waals surface area contributed by atoms with Gasteiger partial charge in [0.05, 0.1) is 29.3 Å². The van der Waals surface area contributed by atoms with Crippen LogP contribution in [0.5, 0.6) is 0 Å². The molecule has 2 N–H and O–H groups in total. The molecule has 8 heterocycles. The molecular weight excluding hydrogens is 721 g/mol. The molecule has 274 valence electrons. The third-order valence-electron chi connectivity index (χ3n) is 9.14. The van der Waals surface area contributed by atoms with Gasteiger partial charge in [-0.3, -0.25) is 30.2 Å². The maximum Gasteiger partial charge on any atom is 0.274 e. The van der Waals surface area contributed by atoms with E-state index in [1.165, 1.54) is 22.7 Å². The monoisotopic (exact) mass is 758 g/mol. The van der Waals surface area contributed by atoms with Crippen molar-refractivity contribution in [2.24, 2.45) is 0 Å². The molecule has 0 aliphatic carbocycles. The highest BCUT2D eigenvalue weighted by Crippen LogP contribution is 2.26. The maximum atomic E-state index is 13.8. The van der Waals surface area contributed by atoms with E-state index < -0.39 is 0 Å². The number of rotatable bonds is 13. The van der Waals surface area contributed by atoms with Crippen molar-refractivity contribution in [3.05, 3.63) is 130 Å². The molecule has 2 fully saturated rings. The van der Waals surface area contributed by atoms with Gasteiger partial charge < -0.3 is 18.6 Å². The number of aromatic nitrogens is 6. The van der Waals surface area contributed by atoms with E-state index in [9.17, 15) is 9.59 Å². The van der Waals surface area contributed by atoms with Crippen molar-refractivity contribution in [2.75, 3.05) is 23.8 Å². The van der Waals surface area contributed by atoms with Crippen LogP contribution in [-0.2, 0) is 22.6 Å². The van der Waals surface area contributed by atoms with Crippen LogP contribution in [0.3, 0.4) is 0 Å². The standard InChI is InChI=1S/C40H38N8O4S2/c49-37(45-39-43-30(25-53-39)7-9-32-4-2-18-51-32)35-6-1-17-47(35)23-28-13-16-42-34(20-28)29-21-36(48(24-29)22-27-11-14-41-15-12-27)38(50)46-40-44-31(26-54-40)8-10-33-5-3-19-52-33/h1,6-17,20-21,24-26,32-33H,2-5,18-19,22-23H2,(H,43,45,49)(H,44,46,50)/b9-7+,10-8+/t32-,33+/m1/s1. The molecule has 0 aromatic carbocycles. The number of carbonyl (C=O) groups is 2. The summed E-state index contributed by atoms with van der Waals surface area (Å²) in [5.74, 6) is -0.516. The van der Waals surface area contributed by atoms with E-state index in [1.807, 2.05) is 93.0 Å². The molecule has 2 atom stereocenters. The van der Waals surface area contributed by atoms with Crippen LogP contribution in [0, 0.1) is 0 Å². The van der Waals surface area contributed by atoms with Crippen LogP contribution in [0.15, 0.2) is 96.4 Å². The molecular formula is C40H38N8O4S2. The van der Waals surface area contributed by atoms with E-state index in [0.717, 1.165) is 67.0 Å². The summed E-state index contributed by atoms with van der Waals surface area (Å²) < 4.78 is 15.1. The second kappa shape index (κ2) is 16.6. The summed E-state index contributed by atoms with van der Waals surface area (Å²) in [4.78, 5) is 45.1. The van der Waals surface area contributed by atoms with Gasteiger partial charge in [0, 0.05) is 73.6 Å². The van der Waals surface area contributed by atoms with E-state index in [2.05, 4.69) is 30.6 Å². The first-order valence-electron chi connectivity index (χ1n) is 17.9. The predicted octanol–water partition coefficient (Wildman–Crippen LogP) is 7.65. The highest BCUT2D eigenvalue weighted by Gasteiger charge is 2.19. The number of amides is 2. The van der Waals surface area contributed by atoms with E-state index in [4.69, 9.17) is 9.47 Å². The first-order valence-corrected chi connectivity index (χ1v) is 19.6. The molecule has 2 aliphatic rings. The van der Waals surface area contributed by atoms with E-state index in [0.29, 0.717) is 40.4 Å². The fourth-order valence-electron chi connectivity index (χ4n) is 6.43. The number of hydrogen-bond donors (Lipinski definition) is 2. The van der Waals surface area contributed by atoms with Gasteiger partial charge in [0.25, 0.3) is 11.8 Å². The minimum Gasteiger partial charge on any atom is -0.374 e. The Bertz CT molecular complexity index is 2280. The average Bonchev–Trinajstić information content (AvgIpc) is 4.04. The molecule has 6 aromatic rings. The molecule has 2 amide bonds. The van der Waals surface area contributed by atoms with Gasteiger partial charge in [0.15, 0.2) is 10.3 Å². The summed E-state index contributed by atoms with van der Waals surface area (Å²) in [6.45, 7) is 2.48. The summed E-state index contributed by atoms with van der Waals surface area (Å²) in [6, 6.07) is 13.3. The lowest BCUT2D eigenvalue weighted by molar-refractivity contribution is 0.101. The predicted molar refractivity (Wildman–Crippen MR) is 211 cm³/mol. The van der Waals surface area contributed by atoms with Crippen molar-refractivity contribution in [1.29, 1.82) is 0 Å². The SMILES string of the molecule is O=C(Nc1nc(/C=C/[C@H]2CCCO2)cs1)c1cccn1Cc1ccnc(-c2cc(C(=O)Nc3nc(/C=C/[C@@H]4CCCO4)cs3)n(Cc3ccncc3)c2)c1. The van der Waals surface area contributed by atoms with Crippen LogP contribution in [0.4, 0.5) is 10.3 Å². The normalized spacial score (nSPS) is 17.2. The highest BCUT2D eigenvalue weighted by molar-refractivity contribution is 7.14. The van der Waals surface area contributed by atoms with Crippen LogP contribution in [-0.4, -0.2) is 66.3 Å². The van der Waals surface area contributed by atoms with Crippen LogP contribution in [0.2, 0.25) is 0 Å². The molecule has 8 rings (SSSR count). The third-order valence-corrected chi connectivity index (χ3v) is 10.7. The summed E-state index contributed by atoms with van der Waals surface area (Å²) in [5, 5.41) is 10.8. The van der Waals surface area contributed by atoms with E-state index >= 15 is 0 Å². The van der Waals surface area contributed by atoms with Gasteiger partial charge in [-0.05, 0) is 91.4 Å². The number of anilines is 2. The Balaban J connectivity index is 0.972. The Kier molecular flexibility index (Phi) is 10.9. The zero-order chi connectivity index (χ0) is 36.7. The van der Waals surface area contributed by atoms with Crippen molar-refractivity contribution in [3.8, 4) is 11.3 Å². The molecule has 0 bridgehead atoms. The molecule has 2 aliphatic heterocycles. The first kappa shape index (κ1) is 35.5. The highest BCUT2D eigenvalue weighted by atomic mass is 32.1. The number of hydrogen-bond acceptors (Lipinski definition) is 10. The molecule has 0 unspecified atom stereocenters. The molecule has 0 spiro atoms. The first-order chi connectivity index (χ1) is 26.5. The lowest BCUT2D eigenvalue weighted by Crippen LogP contribution is -2.17. The Morgan fingerprint density at radius 1 is 0.778 bits per heavy atom. The maximum absolute atomic E-state index is 13.8. The van der Waals surface area contributed by atoms with Crippen molar-refractivity contribution in [1.82, 2.24) is 29.1 Å². The Hall–Kier alpha value is -5.54. The molecule has 0 radical (unpaired) electrons. The summed E-state index contributed by atoms with van der Waals surface area (Å²) in [5.41, 5.74) is 5.98. The van der Waals surface area contributed by atoms with Gasteiger partial charge >= 0.3 is 0 Å². The molecule has 0 saturated carbocycles. The number of pyridine rings is 2. The Labute approximate surface area is 320 Å². The van der Waals surface area contributed by atoms with E-state index in [1.54, 1.807) is 24.7 Å². The number of nitrogens with one attached hydrogen (secondary N) is 2. The number of thiazole rings is 2. The minimum absolute atomic E-state index is 0.115. The van der Waals surface area contributed by atoms with Crippen LogP contribution in [0.25, 0.3) is 23.4 Å². The fraction of sp³-hybridized carbons (Fsp3) is 0.250. The summed E-state index contributed by atoms with van der Waals surface area (Å²) in [7, 11) is 0. The summed E-state index contributed by atoms with van der Waals surface area (Å²) in [6.07, 6.45) is 21.4. The van der Waals surface area contributed by atoms with Crippen molar-refractivity contribution < 1.29 is 19.1 Å². The molecule has 14 heteroatoms. The van der Waals surface area contributed by atoms with Crippen LogP contribution >= 0.6 is 22.7 Å². The molecule has 6 aromatic heterocycles.